The molecule has 0 aromatic carbocycles. The van der Waals surface area contributed by atoms with Gasteiger partial charge in [0.25, 0.3) is 5.67 Å². The highest BCUT2D eigenvalue weighted by atomic mass is 127. The molecule has 1 fully saturated rings. The van der Waals surface area contributed by atoms with Gasteiger partial charge in [0.1, 0.15) is 3.42 Å². The molecule has 0 saturated heterocycles. The Morgan fingerprint density at radius 2 is 1.26 bits per heavy atom. The number of rotatable bonds is 4. The summed E-state index contributed by atoms with van der Waals surface area (Å²) in [5, 5.41) is 0. The van der Waals surface area contributed by atoms with Gasteiger partial charge in [-0.25, -0.2) is 4.39 Å². The molecular weight excluding hydrogens is 462 g/mol. The van der Waals surface area contributed by atoms with Crippen molar-refractivity contribution in [3.05, 3.63) is 0 Å². The maximum absolute atomic E-state index is 14.3. The zero-order chi connectivity index (χ0) is 18.7. The molecule has 1 aliphatic carbocycles. The molecule has 0 amide bonds. The first kappa shape index (κ1) is 20.6. The van der Waals surface area contributed by atoms with Crippen LogP contribution in [0.1, 0.15) is 20.3 Å². The summed E-state index contributed by atoms with van der Waals surface area (Å²) in [5.41, 5.74) is -5.66. The molecule has 0 heterocycles. The Bertz CT molecular complexity index is 478. The summed E-state index contributed by atoms with van der Waals surface area (Å²) in [6.07, 6.45) is -2.30. The van der Waals surface area contributed by atoms with Gasteiger partial charge in [-0.15, -0.1) is 0 Å². The highest BCUT2D eigenvalue weighted by Gasteiger charge is 3.00. The Morgan fingerprint density at radius 1 is 0.913 bits per heavy atom. The molecular formula is C11H10F9IO2. The van der Waals surface area contributed by atoms with Crippen LogP contribution in [-0.4, -0.2) is 45.4 Å². The molecule has 136 valence electrons. The Balaban J connectivity index is 3.46. The first-order chi connectivity index (χ1) is 9.94. The number of hydrogen-bond donors (Lipinski definition) is 0. The first-order valence-corrected chi connectivity index (χ1v) is 7.08. The second-order valence-corrected chi connectivity index (χ2v) is 7.57. The third-order valence-corrected chi connectivity index (χ3v) is 4.28. The molecule has 2 nitrogen and oxygen atoms in total. The van der Waals surface area contributed by atoms with Gasteiger partial charge in [-0.1, -0.05) is 22.6 Å². The predicted molar refractivity (Wildman–Crippen MR) is 67.3 cm³/mol. The molecule has 0 aromatic rings. The van der Waals surface area contributed by atoms with Crippen molar-refractivity contribution in [2.24, 2.45) is 0 Å². The van der Waals surface area contributed by atoms with Crippen molar-refractivity contribution in [2.75, 3.05) is 6.61 Å². The van der Waals surface area contributed by atoms with Crippen molar-refractivity contribution in [3.63, 3.8) is 0 Å². The molecule has 0 N–H and O–H groups in total. The largest absolute Gasteiger partial charge is 0.465 e. The minimum Gasteiger partial charge on any atom is -0.465 e. The fourth-order valence-corrected chi connectivity index (χ4v) is 2.80. The van der Waals surface area contributed by atoms with Crippen molar-refractivity contribution >= 4 is 28.6 Å². The van der Waals surface area contributed by atoms with Gasteiger partial charge in [0.2, 0.25) is 0 Å². The lowest BCUT2D eigenvalue weighted by Crippen LogP contribution is -2.58. The van der Waals surface area contributed by atoms with Gasteiger partial charge in [0, 0.05) is 6.42 Å². The number of ether oxygens (including phenoxy) is 1. The van der Waals surface area contributed by atoms with E-state index in [1.165, 1.54) is 6.92 Å². The molecule has 0 aliphatic heterocycles. The van der Waals surface area contributed by atoms with Crippen LogP contribution in [0, 0.1) is 0 Å². The summed E-state index contributed by atoms with van der Waals surface area (Å²) in [4.78, 5) is 11.5. The van der Waals surface area contributed by atoms with E-state index in [9.17, 15) is 44.3 Å². The van der Waals surface area contributed by atoms with E-state index in [-0.39, 0.29) is 6.61 Å². The molecule has 0 radical (unpaired) electrons. The molecule has 0 spiro atoms. The summed E-state index contributed by atoms with van der Waals surface area (Å²) in [5.74, 6) is -27.6. The van der Waals surface area contributed by atoms with Crippen molar-refractivity contribution < 1.29 is 49.0 Å². The van der Waals surface area contributed by atoms with Crippen LogP contribution < -0.4 is 0 Å². The van der Waals surface area contributed by atoms with Crippen LogP contribution in [0.25, 0.3) is 0 Å². The minimum absolute atomic E-state index is 0.351. The van der Waals surface area contributed by atoms with Gasteiger partial charge < -0.3 is 4.74 Å². The lowest BCUT2D eigenvalue weighted by atomic mass is 9.86. The number of esters is 1. The Hall–Kier alpha value is -0.430. The average molecular weight is 472 g/mol. The van der Waals surface area contributed by atoms with Crippen LogP contribution in [0.5, 0.6) is 0 Å². The summed E-state index contributed by atoms with van der Waals surface area (Å²) in [6.45, 7) is 1.53. The van der Waals surface area contributed by atoms with E-state index in [2.05, 4.69) is 4.74 Å². The molecule has 0 bridgehead atoms. The van der Waals surface area contributed by atoms with E-state index in [1.807, 2.05) is 0 Å². The number of carbonyl (C=O) groups is 1. The van der Waals surface area contributed by atoms with Crippen LogP contribution in [0.2, 0.25) is 0 Å². The quantitative estimate of drug-likeness (QED) is 0.263. The fourth-order valence-electron chi connectivity index (χ4n) is 2.12. The minimum atomic E-state index is -6.64. The highest BCUT2D eigenvalue weighted by molar-refractivity contribution is 14.1. The van der Waals surface area contributed by atoms with Crippen molar-refractivity contribution in [3.8, 4) is 0 Å². The van der Waals surface area contributed by atoms with Crippen LogP contribution in [0.15, 0.2) is 0 Å². The van der Waals surface area contributed by atoms with Crippen molar-refractivity contribution in [1.82, 2.24) is 0 Å². The van der Waals surface area contributed by atoms with Crippen LogP contribution in [-0.2, 0) is 9.53 Å². The smallest absolute Gasteiger partial charge is 0.381 e. The van der Waals surface area contributed by atoms with Crippen LogP contribution in [0.3, 0.4) is 0 Å². The van der Waals surface area contributed by atoms with E-state index in [0.717, 1.165) is 22.6 Å². The summed E-state index contributed by atoms with van der Waals surface area (Å²) < 4.78 is 122. The third kappa shape index (κ3) is 2.33. The maximum Gasteiger partial charge on any atom is 0.381 e. The summed E-state index contributed by atoms with van der Waals surface area (Å²) >= 11 is 0.911. The second-order valence-electron chi connectivity index (χ2n) is 5.19. The zero-order valence-electron chi connectivity index (χ0n) is 11.5. The Labute approximate surface area is 137 Å². The summed E-state index contributed by atoms with van der Waals surface area (Å²) in [7, 11) is 0. The standard InChI is InChI=1S/C11H10F9IO2/c1-3-23-5(22)6(2,21)4-7(12)8(13,14)10(17,18)11(19,20)9(7,15)16/h3-4H2,1-2H3. The fraction of sp³-hybridized carbons (Fsp3) is 0.909. The monoisotopic (exact) mass is 472 g/mol. The number of carbonyl (C=O) groups excluding carboxylic acids is 1. The summed E-state index contributed by atoms with van der Waals surface area (Å²) in [6, 6.07) is 0. The topological polar surface area (TPSA) is 26.3 Å². The molecule has 1 rings (SSSR count). The lowest BCUT2D eigenvalue weighted by molar-refractivity contribution is -0.303. The van der Waals surface area contributed by atoms with Gasteiger partial charge in [-0.2, -0.15) is 35.1 Å². The number of hydrogen-bond acceptors (Lipinski definition) is 2. The maximum atomic E-state index is 14.3. The molecule has 1 unspecified atom stereocenters. The number of alkyl halides is 10. The van der Waals surface area contributed by atoms with E-state index < -0.39 is 45.2 Å². The molecule has 1 aliphatic rings. The van der Waals surface area contributed by atoms with Gasteiger partial charge in [-0.05, 0) is 13.8 Å². The van der Waals surface area contributed by atoms with Gasteiger partial charge in [-0.3, -0.25) is 4.79 Å². The average Bonchev–Trinajstić information content (AvgIpc) is 2.40. The van der Waals surface area contributed by atoms with Crippen LogP contribution in [0.4, 0.5) is 39.5 Å². The molecule has 23 heavy (non-hydrogen) atoms. The lowest BCUT2D eigenvalue weighted by Gasteiger charge is -2.35. The van der Waals surface area contributed by atoms with E-state index >= 15 is 0 Å². The van der Waals surface area contributed by atoms with E-state index in [4.69, 9.17) is 0 Å². The van der Waals surface area contributed by atoms with Gasteiger partial charge >= 0.3 is 29.7 Å². The van der Waals surface area contributed by atoms with Gasteiger partial charge in [0.15, 0.2) is 0 Å². The normalized spacial score (nSPS) is 28.9. The molecule has 1 atom stereocenters. The van der Waals surface area contributed by atoms with E-state index in [1.54, 1.807) is 0 Å². The Kier molecular flexibility index (Phi) is 4.73. The third-order valence-electron chi connectivity index (χ3n) is 3.46. The van der Waals surface area contributed by atoms with Gasteiger partial charge in [0.05, 0.1) is 6.61 Å². The molecule has 0 aromatic heterocycles. The number of halogens is 10. The Morgan fingerprint density at radius 3 is 1.57 bits per heavy atom. The van der Waals surface area contributed by atoms with Crippen molar-refractivity contribution in [1.29, 1.82) is 0 Å². The second kappa shape index (κ2) is 5.28. The van der Waals surface area contributed by atoms with Crippen LogP contribution >= 0.6 is 22.6 Å². The highest BCUT2D eigenvalue weighted by Crippen LogP contribution is 2.70. The zero-order valence-corrected chi connectivity index (χ0v) is 13.7. The molecule has 12 heteroatoms. The SMILES string of the molecule is CCOC(=O)C(C)(I)CC1(F)C(F)(F)C(F)(F)C(F)(F)C1(F)F. The predicted octanol–water partition coefficient (Wildman–Crippen LogP) is 4.40. The van der Waals surface area contributed by atoms with Crippen molar-refractivity contribution in [2.45, 2.75) is 53.0 Å². The van der Waals surface area contributed by atoms with E-state index in [0.29, 0.717) is 6.92 Å². The first-order valence-electron chi connectivity index (χ1n) is 6.00. The molecule has 1 saturated carbocycles.